The molecule has 1 N–H and O–H groups in total. The Hall–Kier alpha value is -0.800. The van der Waals surface area contributed by atoms with Crippen molar-refractivity contribution in [2.75, 3.05) is 26.2 Å². The molecule has 102 valence electrons. The molecular formula is C15H27N3. The molecule has 0 saturated carbocycles. The highest BCUT2D eigenvalue weighted by Crippen LogP contribution is 2.09. The predicted molar refractivity (Wildman–Crippen MR) is 76.7 cm³/mol. The number of hydrogen-bond donors (Lipinski definition) is 1. The first-order valence-electron chi connectivity index (χ1n) is 7.47. The Bertz CT molecular complexity index is 326. The molecule has 0 spiro atoms. The minimum absolute atomic E-state index is 1.00. The molecule has 0 aliphatic carbocycles. The molecule has 1 aliphatic rings. The molecule has 0 radical (unpaired) electrons. The molecule has 3 nitrogen and oxygen atoms in total. The lowest BCUT2D eigenvalue weighted by Gasteiger charge is -2.26. The summed E-state index contributed by atoms with van der Waals surface area (Å²) in [5.74, 6) is 0. The summed E-state index contributed by atoms with van der Waals surface area (Å²) in [6.07, 6.45) is 7.61. The SMILES string of the molecule is CCCNCc1cccn1CCN1CCCCC1. The Kier molecular flexibility index (Phi) is 5.75. The molecule has 2 rings (SSSR count). The highest BCUT2D eigenvalue weighted by atomic mass is 15.1. The van der Waals surface area contributed by atoms with Gasteiger partial charge in [0.25, 0.3) is 0 Å². The lowest BCUT2D eigenvalue weighted by molar-refractivity contribution is 0.220. The number of nitrogens with one attached hydrogen (secondary N) is 1. The van der Waals surface area contributed by atoms with Crippen molar-refractivity contribution in [1.29, 1.82) is 0 Å². The summed E-state index contributed by atoms with van der Waals surface area (Å²) in [7, 11) is 0. The van der Waals surface area contributed by atoms with Crippen molar-refractivity contribution in [2.24, 2.45) is 0 Å². The zero-order valence-electron chi connectivity index (χ0n) is 11.7. The van der Waals surface area contributed by atoms with Gasteiger partial charge in [0.1, 0.15) is 0 Å². The summed E-state index contributed by atoms with van der Waals surface area (Å²) in [4.78, 5) is 2.60. The summed E-state index contributed by atoms with van der Waals surface area (Å²) in [5, 5.41) is 3.48. The zero-order chi connectivity index (χ0) is 12.6. The molecule has 1 aromatic heterocycles. The Morgan fingerprint density at radius 1 is 1.17 bits per heavy atom. The van der Waals surface area contributed by atoms with Crippen molar-refractivity contribution in [3.8, 4) is 0 Å². The first kappa shape index (κ1) is 13.6. The molecule has 18 heavy (non-hydrogen) atoms. The van der Waals surface area contributed by atoms with E-state index in [1.165, 1.54) is 51.0 Å². The maximum absolute atomic E-state index is 3.48. The van der Waals surface area contributed by atoms with Gasteiger partial charge in [-0.2, -0.15) is 0 Å². The van der Waals surface area contributed by atoms with Gasteiger partial charge in [0.05, 0.1) is 0 Å². The molecule has 0 bridgehead atoms. The van der Waals surface area contributed by atoms with Gasteiger partial charge in [-0.1, -0.05) is 13.3 Å². The van der Waals surface area contributed by atoms with Crippen molar-refractivity contribution < 1.29 is 0 Å². The number of rotatable bonds is 7. The molecule has 2 heterocycles. The van der Waals surface area contributed by atoms with E-state index in [2.05, 4.69) is 40.0 Å². The zero-order valence-corrected chi connectivity index (χ0v) is 11.7. The van der Waals surface area contributed by atoms with Crippen LogP contribution >= 0.6 is 0 Å². The minimum Gasteiger partial charge on any atom is -0.349 e. The van der Waals surface area contributed by atoms with Crippen LogP contribution in [0.25, 0.3) is 0 Å². The van der Waals surface area contributed by atoms with E-state index in [0.717, 1.165) is 19.6 Å². The van der Waals surface area contributed by atoms with Crippen LogP contribution < -0.4 is 5.32 Å². The van der Waals surface area contributed by atoms with Crippen LogP contribution in [0.3, 0.4) is 0 Å². The Labute approximate surface area is 111 Å². The summed E-state index contributed by atoms with van der Waals surface area (Å²) in [6, 6.07) is 4.40. The maximum atomic E-state index is 3.48. The number of nitrogens with zero attached hydrogens (tertiary/aromatic N) is 2. The number of hydrogen-bond acceptors (Lipinski definition) is 2. The fraction of sp³-hybridized carbons (Fsp3) is 0.733. The van der Waals surface area contributed by atoms with Crippen LogP contribution in [-0.4, -0.2) is 35.6 Å². The van der Waals surface area contributed by atoms with E-state index < -0.39 is 0 Å². The monoisotopic (exact) mass is 249 g/mol. The van der Waals surface area contributed by atoms with Crippen molar-refractivity contribution in [1.82, 2.24) is 14.8 Å². The normalized spacial score (nSPS) is 17.2. The van der Waals surface area contributed by atoms with Gasteiger partial charge in [0, 0.05) is 31.5 Å². The van der Waals surface area contributed by atoms with Gasteiger partial charge < -0.3 is 14.8 Å². The first-order valence-corrected chi connectivity index (χ1v) is 7.47. The van der Waals surface area contributed by atoms with Gasteiger partial charge in [0.2, 0.25) is 0 Å². The summed E-state index contributed by atoms with van der Waals surface area (Å²) in [6.45, 7) is 9.25. The Morgan fingerprint density at radius 3 is 2.78 bits per heavy atom. The van der Waals surface area contributed by atoms with Crippen molar-refractivity contribution >= 4 is 0 Å². The van der Waals surface area contributed by atoms with E-state index >= 15 is 0 Å². The molecule has 1 aromatic rings. The number of likely N-dealkylation sites (tertiary alicyclic amines) is 1. The van der Waals surface area contributed by atoms with Crippen LogP contribution in [0.4, 0.5) is 0 Å². The van der Waals surface area contributed by atoms with Gasteiger partial charge in [-0.05, 0) is 51.0 Å². The summed E-state index contributed by atoms with van der Waals surface area (Å²) in [5.41, 5.74) is 1.42. The standard InChI is InChI=1S/C15H27N3/c1-2-8-16-14-15-7-6-11-18(15)13-12-17-9-4-3-5-10-17/h6-7,11,16H,2-5,8-10,12-14H2,1H3. The van der Waals surface area contributed by atoms with E-state index in [0.29, 0.717) is 0 Å². The molecule has 1 saturated heterocycles. The lowest BCUT2D eigenvalue weighted by Crippen LogP contribution is -2.32. The fourth-order valence-corrected chi connectivity index (χ4v) is 2.65. The van der Waals surface area contributed by atoms with Crippen LogP contribution in [-0.2, 0) is 13.1 Å². The average Bonchev–Trinajstić information content (AvgIpc) is 2.86. The van der Waals surface area contributed by atoms with Gasteiger partial charge in [-0.25, -0.2) is 0 Å². The van der Waals surface area contributed by atoms with Crippen LogP contribution in [0, 0.1) is 0 Å². The van der Waals surface area contributed by atoms with Gasteiger partial charge in [0.15, 0.2) is 0 Å². The van der Waals surface area contributed by atoms with Crippen LogP contribution in [0.1, 0.15) is 38.3 Å². The third-order valence-electron chi connectivity index (χ3n) is 3.76. The molecule has 0 unspecified atom stereocenters. The quantitative estimate of drug-likeness (QED) is 0.749. The van der Waals surface area contributed by atoms with E-state index in [9.17, 15) is 0 Å². The highest BCUT2D eigenvalue weighted by Gasteiger charge is 2.10. The average molecular weight is 249 g/mol. The highest BCUT2D eigenvalue weighted by molar-refractivity contribution is 5.06. The fourth-order valence-electron chi connectivity index (χ4n) is 2.65. The summed E-state index contributed by atoms with van der Waals surface area (Å²) >= 11 is 0. The van der Waals surface area contributed by atoms with E-state index in [1.54, 1.807) is 0 Å². The first-order chi connectivity index (χ1) is 8.90. The second-order valence-electron chi connectivity index (χ2n) is 5.27. The molecule has 0 amide bonds. The van der Waals surface area contributed by atoms with E-state index in [-0.39, 0.29) is 0 Å². The minimum atomic E-state index is 1.00. The largest absolute Gasteiger partial charge is 0.349 e. The van der Waals surface area contributed by atoms with Crippen molar-refractivity contribution in [3.63, 3.8) is 0 Å². The van der Waals surface area contributed by atoms with E-state index in [4.69, 9.17) is 0 Å². The smallest absolute Gasteiger partial charge is 0.0359 e. The molecule has 0 atom stereocenters. The van der Waals surface area contributed by atoms with Crippen LogP contribution in [0.2, 0.25) is 0 Å². The predicted octanol–water partition coefficient (Wildman–Crippen LogP) is 2.47. The maximum Gasteiger partial charge on any atom is 0.0359 e. The number of aromatic nitrogens is 1. The third kappa shape index (κ3) is 4.14. The summed E-state index contributed by atoms with van der Waals surface area (Å²) < 4.78 is 2.40. The van der Waals surface area contributed by atoms with Gasteiger partial charge in [-0.15, -0.1) is 0 Å². The molecule has 0 aromatic carbocycles. The van der Waals surface area contributed by atoms with Gasteiger partial charge >= 0.3 is 0 Å². The number of piperidine rings is 1. The van der Waals surface area contributed by atoms with Crippen LogP contribution in [0.15, 0.2) is 18.3 Å². The second-order valence-corrected chi connectivity index (χ2v) is 5.27. The topological polar surface area (TPSA) is 20.2 Å². The molecule has 1 aliphatic heterocycles. The van der Waals surface area contributed by atoms with Crippen molar-refractivity contribution in [3.05, 3.63) is 24.0 Å². The molecular weight excluding hydrogens is 222 g/mol. The third-order valence-corrected chi connectivity index (χ3v) is 3.76. The lowest BCUT2D eigenvalue weighted by atomic mass is 10.1. The molecule has 3 heteroatoms. The van der Waals surface area contributed by atoms with Crippen LogP contribution in [0.5, 0.6) is 0 Å². The Morgan fingerprint density at radius 2 is 2.00 bits per heavy atom. The van der Waals surface area contributed by atoms with E-state index in [1.807, 2.05) is 0 Å². The molecule has 1 fully saturated rings. The van der Waals surface area contributed by atoms with Gasteiger partial charge in [-0.3, -0.25) is 0 Å². The second kappa shape index (κ2) is 7.59. The van der Waals surface area contributed by atoms with Crippen molar-refractivity contribution in [2.45, 2.75) is 45.7 Å². The Balaban J connectivity index is 1.75.